The van der Waals surface area contributed by atoms with E-state index in [4.69, 9.17) is 5.73 Å². The average molecular weight is 378 g/mol. The number of aryl methyl sites for hydroxylation is 1. The molecule has 2 saturated heterocycles. The normalized spacial score (nSPS) is 24.3. The SMILES string of the molecule is CCCc1cc(N(c2ccccc2)C2C[C@H]3CC[C@@H](C2)N3C)ccc1C(N)=O. The monoisotopic (exact) mass is 377 g/mol. The van der Waals surface area contributed by atoms with Crippen LogP contribution in [0.1, 0.15) is 54.9 Å². The predicted molar refractivity (Wildman–Crippen MR) is 115 cm³/mol. The molecule has 2 N–H and O–H groups in total. The van der Waals surface area contributed by atoms with Crippen molar-refractivity contribution in [3.05, 3.63) is 59.7 Å². The largest absolute Gasteiger partial charge is 0.366 e. The van der Waals surface area contributed by atoms with Crippen LogP contribution in [0.2, 0.25) is 0 Å². The van der Waals surface area contributed by atoms with Crippen LogP contribution in [0.3, 0.4) is 0 Å². The van der Waals surface area contributed by atoms with Crippen molar-refractivity contribution in [2.45, 2.75) is 63.6 Å². The van der Waals surface area contributed by atoms with Crippen molar-refractivity contribution in [2.75, 3.05) is 11.9 Å². The Kier molecular flexibility index (Phi) is 5.40. The third-order valence-electron chi connectivity index (χ3n) is 6.62. The first kappa shape index (κ1) is 19.0. The Morgan fingerprint density at radius 2 is 1.75 bits per heavy atom. The molecule has 28 heavy (non-hydrogen) atoms. The van der Waals surface area contributed by atoms with Crippen LogP contribution in [-0.2, 0) is 6.42 Å². The molecule has 2 aliphatic heterocycles. The number of anilines is 2. The van der Waals surface area contributed by atoms with Gasteiger partial charge < -0.3 is 15.5 Å². The van der Waals surface area contributed by atoms with Gasteiger partial charge in [0.15, 0.2) is 0 Å². The highest BCUT2D eigenvalue weighted by atomic mass is 16.1. The van der Waals surface area contributed by atoms with Gasteiger partial charge in [0.25, 0.3) is 0 Å². The van der Waals surface area contributed by atoms with Crippen LogP contribution in [0.5, 0.6) is 0 Å². The second-order valence-corrected chi connectivity index (χ2v) is 8.34. The lowest BCUT2D eigenvalue weighted by molar-refractivity contribution is 0.0999. The van der Waals surface area contributed by atoms with Crippen molar-refractivity contribution in [1.29, 1.82) is 0 Å². The highest BCUT2D eigenvalue weighted by Gasteiger charge is 2.40. The van der Waals surface area contributed by atoms with E-state index < -0.39 is 0 Å². The molecule has 4 nitrogen and oxygen atoms in total. The number of piperidine rings is 1. The number of hydrogen-bond donors (Lipinski definition) is 1. The Hall–Kier alpha value is -2.33. The summed E-state index contributed by atoms with van der Waals surface area (Å²) in [6.07, 6.45) is 6.84. The average Bonchev–Trinajstić information content (AvgIpc) is 2.90. The minimum atomic E-state index is -0.335. The highest BCUT2D eigenvalue weighted by molar-refractivity contribution is 5.95. The van der Waals surface area contributed by atoms with Crippen LogP contribution >= 0.6 is 0 Å². The number of nitrogens with two attached hydrogens (primary N) is 1. The summed E-state index contributed by atoms with van der Waals surface area (Å²) in [5.74, 6) is -0.335. The van der Waals surface area contributed by atoms with E-state index in [1.54, 1.807) is 0 Å². The highest BCUT2D eigenvalue weighted by Crippen LogP contribution is 2.41. The summed E-state index contributed by atoms with van der Waals surface area (Å²) >= 11 is 0. The Morgan fingerprint density at radius 1 is 1.07 bits per heavy atom. The number of primary amides is 1. The first-order valence-electron chi connectivity index (χ1n) is 10.6. The Labute approximate surface area is 168 Å². The van der Waals surface area contributed by atoms with Gasteiger partial charge in [-0.25, -0.2) is 0 Å². The van der Waals surface area contributed by atoms with E-state index in [0.29, 0.717) is 23.7 Å². The number of nitrogens with zero attached hydrogens (tertiary/aromatic N) is 2. The number of benzene rings is 2. The van der Waals surface area contributed by atoms with Gasteiger partial charge in [-0.05, 0) is 75.0 Å². The Morgan fingerprint density at radius 3 is 2.36 bits per heavy atom. The van der Waals surface area contributed by atoms with Gasteiger partial charge in [0.1, 0.15) is 0 Å². The fraction of sp³-hybridized carbons (Fsp3) is 0.458. The maximum atomic E-state index is 11.9. The van der Waals surface area contributed by atoms with Crippen molar-refractivity contribution < 1.29 is 4.79 Å². The molecule has 0 saturated carbocycles. The van der Waals surface area contributed by atoms with E-state index in [1.807, 2.05) is 6.07 Å². The van der Waals surface area contributed by atoms with E-state index in [9.17, 15) is 4.79 Å². The number of amides is 1. The minimum absolute atomic E-state index is 0.335. The number of rotatable bonds is 6. The quantitative estimate of drug-likeness (QED) is 0.806. The predicted octanol–water partition coefficient (Wildman–Crippen LogP) is 4.50. The summed E-state index contributed by atoms with van der Waals surface area (Å²) in [7, 11) is 2.28. The Balaban J connectivity index is 1.74. The van der Waals surface area contributed by atoms with Gasteiger partial charge in [-0.3, -0.25) is 4.79 Å². The van der Waals surface area contributed by atoms with Gasteiger partial charge >= 0.3 is 0 Å². The number of carbonyl (C=O) groups is 1. The molecule has 2 aliphatic rings. The first-order valence-corrected chi connectivity index (χ1v) is 10.6. The molecule has 0 aliphatic carbocycles. The third kappa shape index (κ3) is 3.53. The number of fused-ring (bicyclic) bond motifs is 2. The Bertz CT molecular complexity index is 821. The third-order valence-corrected chi connectivity index (χ3v) is 6.62. The smallest absolute Gasteiger partial charge is 0.248 e. The van der Waals surface area contributed by atoms with Crippen LogP contribution in [0.4, 0.5) is 11.4 Å². The van der Waals surface area contributed by atoms with E-state index in [-0.39, 0.29) is 5.91 Å². The van der Waals surface area contributed by atoms with Crippen molar-refractivity contribution in [2.24, 2.45) is 5.73 Å². The van der Waals surface area contributed by atoms with Crippen LogP contribution in [0.25, 0.3) is 0 Å². The summed E-state index contributed by atoms with van der Waals surface area (Å²) in [6, 6.07) is 18.7. The van der Waals surface area contributed by atoms with Gasteiger partial charge in [0, 0.05) is 35.1 Å². The maximum absolute atomic E-state index is 11.9. The molecule has 1 unspecified atom stereocenters. The molecule has 2 fully saturated rings. The molecular formula is C24H31N3O. The molecule has 0 spiro atoms. The number of para-hydroxylation sites is 1. The molecule has 1 amide bonds. The second-order valence-electron chi connectivity index (χ2n) is 8.34. The van der Waals surface area contributed by atoms with Gasteiger partial charge in [0.05, 0.1) is 0 Å². The zero-order valence-electron chi connectivity index (χ0n) is 17.0. The standard InChI is InChI=1S/C24H31N3O/c1-3-7-17-14-21(12-13-23(17)24(25)28)27(18-8-5-4-6-9-18)22-15-19-10-11-20(16-22)26(19)2/h4-6,8-9,12-14,19-20,22H,3,7,10-11,15-16H2,1-2H3,(H2,25,28)/t19-,20+,22?. The van der Waals surface area contributed by atoms with Gasteiger partial charge in [-0.1, -0.05) is 31.5 Å². The van der Waals surface area contributed by atoms with Gasteiger partial charge in [0.2, 0.25) is 5.91 Å². The summed E-state index contributed by atoms with van der Waals surface area (Å²) in [6.45, 7) is 2.14. The molecule has 148 valence electrons. The molecule has 2 aromatic carbocycles. The lowest BCUT2D eigenvalue weighted by Gasteiger charge is -2.43. The topological polar surface area (TPSA) is 49.6 Å². The van der Waals surface area contributed by atoms with Crippen LogP contribution < -0.4 is 10.6 Å². The number of hydrogen-bond acceptors (Lipinski definition) is 3. The van der Waals surface area contributed by atoms with Gasteiger partial charge in [-0.2, -0.15) is 0 Å². The molecule has 0 aromatic heterocycles. The zero-order chi connectivity index (χ0) is 19.7. The molecule has 4 rings (SSSR count). The summed E-state index contributed by atoms with van der Waals surface area (Å²) in [5, 5.41) is 0. The van der Waals surface area contributed by atoms with Crippen molar-refractivity contribution in [3.63, 3.8) is 0 Å². The summed E-state index contributed by atoms with van der Waals surface area (Å²) in [4.78, 5) is 17.0. The van der Waals surface area contributed by atoms with Gasteiger partial charge in [-0.15, -0.1) is 0 Å². The molecule has 4 heteroatoms. The number of carbonyl (C=O) groups excluding carboxylic acids is 1. The van der Waals surface area contributed by atoms with Crippen LogP contribution in [0.15, 0.2) is 48.5 Å². The van der Waals surface area contributed by atoms with Crippen molar-refractivity contribution in [1.82, 2.24) is 4.90 Å². The van der Waals surface area contributed by atoms with Crippen LogP contribution in [0, 0.1) is 0 Å². The van der Waals surface area contributed by atoms with E-state index in [2.05, 4.69) is 66.2 Å². The molecule has 2 aromatic rings. The molecule has 3 atom stereocenters. The first-order chi connectivity index (χ1) is 13.6. The van der Waals surface area contributed by atoms with E-state index >= 15 is 0 Å². The lowest BCUT2D eigenvalue weighted by Crippen LogP contribution is -2.47. The summed E-state index contributed by atoms with van der Waals surface area (Å²) < 4.78 is 0. The van der Waals surface area contributed by atoms with Crippen molar-refractivity contribution in [3.8, 4) is 0 Å². The zero-order valence-corrected chi connectivity index (χ0v) is 17.0. The molecule has 0 radical (unpaired) electrons. The molecular weight excluding hydrogens is 346 g/mol. The van der Waals surface area contributed by atoms with Crippen molar-refractivity contribution >= 4 is 17.3 Å². The summed E-state index contributed by atoms with van der Waals surface area (Å²) in [5.41, 5.74) is 9.74. The van der Waals surface area contributed by atoms with Crippen LogP contribution in [-0.4, -0.2) is 36.0 Å². The lowest BCUT2D eigenvalue weighted by atomic mass is 9.94. The molecule has 2 bridgehead atoms. The van der Waals surface area contributed by atoms with E-state index in [1.165, 1.54) is 37.1 Å². The second kappa shape index (κ2) is 7.96. The fourth-order valence-electron chi connectivity index (χ4n) is 5.20. The fourth-order valence-corrected chi connectivity index (χ4v) is 5.20. The minimum Gasteiger partial charge on any atom is -0.366 e. The van der Waals surface area contributed by atoms with E-state index in [0.717, 1.165) is 18.4 Å². The molecule has 2 heterocycles. The maximum Gasteiger partial charge on any atom is 0.248 e.